The van der Waals surface area contributed by atoms with Crippen LogP contribution in [0, 0.1) is 5.92 Å². The second kappa shape index (κ2) is 4.01. The van der Waals surface area contributed by atoms with Crippen LogP contribution in [0.15, 0.2) is 23.8 Å². The number of aliphatic hydroxyl groups excluding tert-OH is 1. The first-order valence-electron chi connectivity index (χ1n) is 6.04. The first kappa shape index (κ1) is 12.6. The molecule has 1 aromatic carbocycles. The third-order valence-corrected chi connectivity index (χ3v) is 3.74. The fourth-order valence-electron chi connectivity index (χ4n) is 2.74. The summed E-state index contributed by atoms with van der Waals surface area (Å²) in [4.78, 5) is 12.4. The van der Waals surface area contributed by atoms with E-state index in [0.717, 1.165) is 0 Å². The number of fused-ring (bicyclic) bond motifs is 2. The molecule has 0 radical (unpaired) electrons. The molecule has 2 atom stereocenters. The molecule has 5 N–H and O–H groups in total. The number of phenols is 4. The molecule has 0 spiro atoms. The highest BCUT2D eigenvalue weighted by atomic mass is 16.3. The smallest absolute Gasteiger partial charge is 0.205 e. The molecule has 3 rings (SSSR count). The van der Waals surface area contributed by atoms with Gasteiger partial charge in [0.05, 0.1) is 11.7 Å². The van der Waals surface area contributed by atoms with Gasteiger partial charge >= 0.3 is 0 Å². The molecular weight excluding hydrogens is 264 g/mol. The topological polar surface area (TPSA) is 118 Å². The van der Waals surface area contributed by atoms with E-state index in [1.165, 1.54) is 0 Å². The van der Waals surface area contributed by atoms with Crippen LogP contribution in [0.25, 0.3) is 0 Å². The highest BCUT2D eigenvalue weighted by Gasteiger charge is 2.42. The predicted molar refractivity (Wildman–Crippen MR) is 67.7 cm³/mol. The molecule has 104 valence electrons. The highest BCUT2D eigenvalue weighted by molar-refractivity contribution is 6.14. The lowest BCUT2D eigenvalue weighted by atomic mass is 9.74. The summed E-state index contributed by atoms with van der Waals surface area (Å²) in [6.45, 7) is 0. The zero-order chi connectivity index (χ0) is 14.6. The van der Waals surface area contributed by atoms with Crippen molar-refractivity contribution in [2.24, 2.45) is 5.92 Å². The van der Waals surface area contributed by atoms with Crippen LogP contribution in [0.4, 0.5) is 0 Å². The second-order valence-electron chi connectivity index (χ2n) is 4.81. The maximum absolute atomic E-state index is 12.4. The SMILES string of the molecule is O=C1C2=CCC=CC2C(O)c2c(O)c(O)c(O)c(O)c21. The van der Waals surface area contributed by atoms with Gasteiger partial charge in [-0.1, -0.05) is 18.2 Å². The van der Waals surface area contributed by atoms with Crippen LogP contribution in [-0.4, -0.2) is 31.3 Å². The van der Waals surface area contributed by atoms with Crippen LogP contribution in [0.2, 0.25) is 0 Å². The summed E-state index contributed by atoms with van der Waals surface area (Å²) >= 11 is 0. The van der Waals surface area contributed by atoms with E-state index in [9.17, 15) is 30.3 Å². The average Bonchev–Trinajstić information content (AvgIpc) is 2.46. The summed E-state index contributed by atoms with van der Waals surface area (Å²) in [6, 6.07) is 0. The van der Waals surface area contributed by atoms with Crippen LogP contribution in [0.1, 0.15) is 28.4 Å². The van der Waals surface area contributed by atoms with Crippen molar-refractivity contribution < 1.29 is 30.3 Å². The maximum atomic E-state index is 12.4. The van der Waals surface area contributed by atoms with Gasteiger partial charge < -0.3 is 25.5 Å². The Bertz CT molecular complexity index is 686. The number of carbonyl (C=O) groups is 1. The lowest BCUT2D eigenvalue weighted by molar-refractivity contribution is 0.0909. The van der Waals surface area contributed by atoms with Gasteiger partial charge in [-0.3, -0.25) is 4.79 Å². The van der Waals surface area contributed by atoms with Gasteiger partial charge in [0.1, 0.15) is 0 Å². The number of hydrogen-bond acceptors (Lipinski definition) is 6. The monoisotopic (exact) mass is 276 g/mol. The number of aromatic hydroxyl groups is 4. The van der Waals surface area contributed by atoms with E-state index in [1.807, 2.05) is 0 Å². The predicted octanol–water partition coefficient (Wildman–Crippen LogP) is 1.24. The molecule has 0 bridgehead atoms. The number of phenolic OH excluding ortho intramolecular Hbond substituents is 4. The zero-order valence-corrected chi connectivity index (χ0v) is 10.2. The Labute approximate surface area is 113 Å². The lowest BCUT2D eigenvalue weighted by Gasteiger charge is -2.32. The minimum Gasteiger partial charge on any atom is -0.504 e. The van der Waals surface area contributed by atoms with E-state index >= 15 is 0 Å². The fraction of sp³-hybridized carbons (Fsp3) is 0.214. The number of benzene rings is 1. The van der Waals surface area contributed by atoms with Crippen LogP contribution >= 0.6 is 0 Å². The Morgan fingerprint density at radius 3 is 2.35 bits per heavy atom. The molecule has 0 amide bonds. The van der Waals surface area contributed by atoms with Crippen molar-refractivity contribution in [3.63, 3.8) is 0 Å². The quantitative estimate of drug-likeness (QED) is 0.276. The summed E-state index contributed by atoms with van der Waals surface area (Å²) < 4.78 is 0. The summed E-state index contributed by atoms with van der Waals surface area (Å²) in [5.41, 5.74) is -0.341. The first-order valence-corrected chi connectivity index (χ1v) is 6.04. The van der Waals surface area contributed by atoms with Crippen LogP contribution in [-0.2, 0) is 0 Å². The second-order valence-corrected chi connectivity index (χ2v) is 4.81. The Kier molecular flexibility index (Phi) is 2.52. The number of ketones is 1. The standard InChI is InChI=1S/C14H12O6/c15-9-5-3-1-2-4-6(5)10(16)8-7(9)11(17)13(19)14(20)12(8)18/h1,3-5,9,15,17-20H,2H2. The molecular formula is C14H12O6. The normalized spacial score (nSPS) is 24.1. The third-order valence-electron chi connectivity index (χ3n) is 3.74. The van der Waals surface area contributed by atoms with Crippen molar-refractivity contribution >= 4 is 5.78 Å². The molecule has 1 aromatic rings. The van der Waals surface area contributed by atoms with E-state index < -0.39 is 40.8 Å². The number of allylic oxidation sites excluding steroid dienone is 2. The average molecular weight is 276 g/mol. The van der Waals surface area contributed by atoms with Crippen LogP contribution < -0.4 is 0 Å². The van der Waals surface area contributed by atoms with Crippen LogP contribution in [0.5, 0.6) is 23.0 Å². The molecule has 0 saturated carbocycles. The summed E-state index contributed by atoms with van der Waals surface area (Å²) in [5, 5.41) is 49.0. The van der Waals surface area contributed by atoms with Gasteiger partial charge in [-0.05, 0) is 6.42 Å². The fourth-order valence-corrected chi connectivity index (χ4v) is 2.74. The van der Waals surface area contributed by atoms with E-state index in [1.54, 1.807) is 18.2 Å². The largest absolute Gasteiger partial charge is 0.504 e. The Morgan fingerprint density at radius 1 is 1.00 bits per heavy atom. The molecule has 20 heavy (non-hydrogen) atoms. The number of aliphatic hydroxyl groups is 1. The van der Waals surface area contributed by atoms with Crippen molar-refractivity contribution in [2.45, 2.75) is 12.5 Å². The van der Waals surface area contributed by atoms with Gasteiger partial charge in [-0.2, -0.15) is 0 Å². The van der Waals surface area contributed by atoms with E-state index in [0.29, 0.717) is 12.0 Å². The van der Waals surface area contributed by atoms with Crippen molar-refractivity contribution in [1.29, 1.82) is 0 Å². The Balaban J connectivity index is 2.36. The minimum atomic E-state index is -1.29. The summed E-state index contributed by atoms with van der Waals surface area (Å²) in [5.74, 6) is -4.80. The molecule has 0 saturated heterocycles. The summed E-state index contributed by atoms with van der Waals surface area (Å²) in [6.07, 6.45) is 4.27. The van der Waals surface area contributed by atoms with Crippen molar-refractivity contribution in [1.82, 2.24) is 0 Å². The first-order chi connectivity index (χ1) is 9.45. The van der Waals surface area contributed by atoms with Gasteiger partial charge in [-0.25, -0.2) is 0 Å². The van der Waals surface area contributed by atoms with Gasteiger partial charge in [0, 0.05) is 17.1 Å². The molecule has 2 aliphatic rings. The molecule has 0 aliphatic heterocycles. The number of Topliss-reactive ketones (excluding diaryl/α,β-unsaturated/α-hetero) is 1. The molecule has 6 heteroatoms. The Hall–Kier alpha value is -2.47. The van der Waals surface area contributed by atoms with E-state index in [2.05, 4.69) is 0 Å². The van der Waals surface area contributed by atoms with Gasteiger partial charge in [0.25, 0.3) is 0 Å². The number of hydrogen-bond donors (Lipinski definition) is 5. The Morgan fingerprint density at radius 2 is 1.65 bits per heavy atom. The third kappa shape index (κ3) is 1.39. The molecule has 0 heterocycles. The van der Waals surface area contributed by atoms with E-state index in [4.69, 9.17) is 0 Å². The molecule has 2 aliphatic carbocycles. The molecule has 0 aromatic heterocycles. The van der Waals surface area contributed by atoms with Gasteiger partial charge in [0.2, 0.25) is 11.5 Å². The molecule has 0 fully saturated rings. The van der Waals surface area contributed by atoms with Crippen molar-refractivity contribution in [3.05, 3.63) is 34.9 Å². The number of rotatable bonds is 0. The number of carbonyl (C=O) groups excluding carboxylic acids is 1. The summed E-state index contributed by atoms with van der Waals surface area (Å²) in [7, 11) is 0. The molecule has 2 unspecified atom stereocenters. The van der Waals surface area contributed by atoms with Crippen molar-refractivity contribution in [3.8, 4) is 23.0 Å². The minimum absolute atomic E-state index is 0.267. The van der Waals surface area contributed by atoms with Gasteiger partial charge in [0.15, 0.2) is 17.3 Å². The molecule has 6 nitrogen and oxygen atoms in total. The highest BCUT2D eigenvalue weighted by Crippen LogP contribution is 2.54. The maximum Gasteiger partial charge on any atom is 0.205 e. The van der Waals surface area contributed by atoms with Crippen molar-refractivity contribution in [2.75, 3.05) is 0 Å². The van der Waals surface area contributed by atoms with Crippen LogP contribution in [0.3, 0.4) is 0 Å². The van der Waals surface area contributed by atoms with Gasteiger partial charge in [-0.15, -0.1) is 0 Å². The van der Waals surface area contributed by atoms with E-state index in [-0.39, 0.29) is 11.1 Å². The lowest BCUT2D eigenvalue weighted by Crippen LogP contribution is -2.28. The zero-order valence-electron chi connectivity index (χ0n) is 10.2.